The van der Waals surface area contributed by atoms with Crippen molar-refractivity contribution >= 4 is 28.5 Å². The Morgan fingerprint density at radius 3 is 2.11 bits per heavy atom. The van der Waals surface area contributed by atoms with Gasteiger partial charge in [-0.25, -0.2) is 19.5 Å². The third kappa shape index (κ3) is 4.27. The molecule has 2 aliphatic rings. The number of anilines is 1. The molecular weight excluding hydrogens is 481 g/mol. The molecule has 10 heteroatoms. The van der Waals surface area contributed by atoms with Crippen molar-refractivity contribution in [3.05, 3.63) is 70.2 Å². The van der Waals surface area contributed by atoms with E-state index in [4.69, 9.17) is 4.74 Å². The molecular formula is C25H21F3N2O4S. The highest BCUT2D eigenvalue weighted by Crippen LogP contribution is 2.45. The zero-order valence-corrected chi connectivity index (χ0v) is 19.2. The Balaban J connectivity index is 1.44. The first kappa shape index (κ1) is 23.3. The second-order valence-electron chi connectivity index (χ2n) is 8.59. The van der Waals surface area contributed by atoms with Crippen LogP contribution in [0.2, 0.25) is 0 Å². The molecule has 1 N–H and O–H groups in total. The molecule has 1 aromatic heterocycles. The van der Waals surface area contributed by atoms with Gasteiger partial charge in [0.15, 0.2) is 10.8 Å². The number of aromatic carboxylic acids is 1. The van der Waals surface area contributed by atoms with Gasteiger partial charge in [0, 0.05) is 12.0 Å². The van der Waals surface area contributed by atoms with Crippen LogP contribution < -0.4 is 4.90 Å². The van der Waals surface area contributed by atoms with Gasteiger partial charge in [-0.05, 0) is 35.1 Å². The van der Waals surface area contributed by atoms with Crippen molar-refractivity contribution in [2.24, 2.45) is 0 Å². The molecule has 3 aromatic rings. The lowest BCUT2D eigenvalue weighted by Gasteiger charge is -2.26. The summed E-state index contributed by atoms with van der Waals surface area (Å²) in [5.74, 6) is -1.95. The van der Waals surface area contributed by atoms with Crippen molar-refractivity contribution < 1.29 is 32.6 Å². The first-order chi connectivity index (χ1) is 16.8. The van der Waals surface area contributed by atoms with Crippen LogP contribution >= 0.6 is 11.3 Å². The molecule has 6 nitrogen and oxygen atoms in total. The molecule has 0 saturated heterocycles. The van der Waals surface area contributed by atoms with Crippen LogP contribution in [-0.2, 0) is 10.9 Å². The van der Waals surface area contributed by atoms with Crippen LogP contribution in [-0.4, -0.2) is 34.8 Å². The van der Waals surface area contributed by atoms with Gasteiger partial charge in [0.05, 0.1) is 0 Å². The molecule has 0 spiro atoms. The van der Waals surface area contributed by atoms with E-state index in [9.17, 15) is 27.9 Å². The highest BCUT2D eigenvalue weighted by Gasteiger charge is 2.42. The molecule has 1 fully saturated rings. The van der Waals surface area contributed by atoms with E-state index in [1.165, 1.54) is 0 Å². The van der Waals surface area contributed by atoms with Gasteiger partial charge in [0.1, 0.15) is 11.5 Å². The Morgan fingerprint density at radius 2 is 1.60 bits per heavy atom. The summed E-state index contributed by atoms with van der Waals surface area (Å²) in [5.41, 5.74) is 2.63. The number of nitrogens with zero attached hydrogens (tertiary/aromatic N) is 2. The van der Waals surface area contributed by atoms with Crippen molar-refractivity contribution in [3.63, 3.8) is 0 Å². The van der Waals surface area contributed by atoms with Crippen molar-refractivity contribution in [1.29, 1.82) is 0 Å². The van der Waals surface area contributed by atoms with Crippen LogP contribution in [0.3, 0.4) is 0 Å². The van der Waals surface area contributed by atoms with Crippen molar-refractivity contribution in [2.75, 3.05) is 11.5 Å². The number of carboxylic acid groups (broad SMARTS) is 1. The Labute approximate surface area is 203 Å². The van der Waals surface area contributed by atoms with Gasteiger partial charge >= 0.3 is 18.2 Å². The predicted molar refractivity (Wildman–Crippen MR) is 124 cm³/mol. The Kier molecular flexibility index (Phi) is 6.00. The van der Waals surface area contributed by atoms with Gasteiger partial charge in [-0.15, -0.1) is 0 Å². The number of ether oxygens (including phenoxy) is 1. The van der Waals surface area contributed by atoms with Gasteiger partial charge in [0.2, 0.25) is 0 Å². The van der Waals surface area contributed by atoms with E-state index in [2.05, 4.69) is 4.98 Å². The summed E-state index contributed by atoms with van der Waals surface area (Å²) in [6, 6.07) is 15.2. The number of benzene rings is 2. The predicted octanol–water partition coefficient (Wildman–Crippen LogP) is 6.56. The summed E-state index contributed by atoms with van der Waals surface area (Å²) in [4.78, 5) is 28.5. The standard InChI is InChI=1S/C25H21F3N2O4S/c26-25(27,28)21-20(22(31)32)35-23(29-21)30(14-7-1-2-8-14)24(33)34-13-19-17-11-5-3-9-15(17)16-10-4-6-12-18(16)19/h3-6,9-12,14,19H,1-2,7-8,13H2,(H,31,32). The number of carboxylic acids is 1. The third-order valence-corrected chi connectivity index (χ3v) is 7.55. The molecule has 1 amide bonds. The summed E-state index contributed by atoms with van der Waals surface area (Å²) in [6.45, 7) is -0.000624. The number of carbonyl (C=O) groups is 2. The lowest BCUT2D eigenvalue weighted by molar-refractivity contribution is -0.141. The fraction of sp³-hybridized carbons (Fsp3) is 0.320. The second kappa shape index (κ2) is 8.99. The molecule has 1 saturated carbocycles. The van der Waals surface area contributed by atoms with E-state index in [1.54, 1.807) is 0 Å². The molecule has 2 aliphatic carbocycles. The maximum Gasteiger partial charge on any atom is 0.435 e. The number of carbonyl (C=O) groups excluding carboxylic acids is 1. The summed E-state index contributed by atoms with van der Waals surface area (Å²) in [5, 5.41) is 8.99. The van der Waals surface area contributed by atoms with Crippen molar-refractivity contribution in [2.45, 2.75) is 43.8 Å². The number of alkyl halides is 3. The molecule has 0 bridgehead atoms. The molecule has 0 radical (unpaired) electrons. The monoisotopic (exact) mass is 502 g/mol. The number of hydrogen-bond acceptors (Lipinski definition) is 5. The minimum atomic E-state index is -4.95. The normalized spacial score (nSPS) is 15.6. The Morgan fingerprint density at radius 1 is 1.03 bits per heavy atom. The van der Waals surface area contributed by atoms with Gasteiger partial charge < -0.3 is 9.84 Å². The molecule has 2 aromatic carbocycles. The minimum absolute atomic E-state index is 0.000624. The quantitative estimate of drug-likeness (QED) is 0.428. The third-order valence-electron chi connectivity index (χ3n) is 6.51. The van der Waals surface area contributed by atoms with Crippen molar-refractivity contribution in [1.82, 2.24) is 4.98 Å². The van der Waals surface area contributed by atoms with Gasteiger partial charge in [-0.2, -0.15) is 13.2 Å². The number of aromatic nitrogens is 1. The second-order valence-corrected chi connectivity index (χ2v) is 9.57. The van der Waals surface area contributed by atoms with E-state index in [1.807, 2.05) is 48.5 Å². The lowest BCUT2D eigenvalue weighted by Crippen LogP contribution is -2.40. The number of fused-ring (bicyclic) bond motifs is 3. The van der Waals surface area contributed by atoms with Crippen LogP contribution in [0.1, 0.15) is 58.1 Å². The van der Waals surface area contributed by atoms with Crippen LogP contribution in [0.15, 0.2) is 48.5 Å². The number of rotatable bonds is 5. The van der Waals surface area contributed by atoms with E-state index in [0.29, 0.717) is 24.2 Å². The summed E-state index contributed by atoms with van der Waals surface area (Å²) in [7, 11) is 0. The van der Waals surface area contributed by atoms with Crippen LogP contribution in [0.4, 0.5) is 23.1 Å². The molecule has 0 atom stereocenters. The number of hydrogen-bond donors (Lipinski definition) is 1. The van der Waals surface area contributed by atoms with E-state index >= 15 is 0 Å². The lowest BCUT2D eigenvalue weighted by atomic mass is 9.98. The molecule has 0 unspecified atom stereocenters. The Hall–Kier alpha value is -3.40. The highest BCUT2D eigenvalue weighted by atomic mass is 32.1. The molecule has 1 heterocycles. The first-order valence-corrected chi connectivity index (χ1v) is 12.0. The fourth-order valence-electron chi connectivity index (χ4n) is 4.96. The van der Waals surface area contributed by atoms with Crippen LogP contribution in [0.25, 0.3) is 11.1 Å². The fourth-order valence-corrected chi connectivity index (χ4v) is 5.95. The van der Waals surface area contributed by atoms with Gasteiger partial charge in [0.25, 0.3) is 0 Å². The Bertz CT molecular complexity index is 1240. The number of amides is 1. The maximum atomic E-state index is 13.4. The zero-order valence-electron chi connectivity index (χ0n) is 18.4. The topological polar surface area (TPSA) is 79.7 Å². The van der Waals surface area contributed by atoms with Crippen molar-refractivity contribution in [3.8, 4) is 11.1 Å². The average molecular weight is 503 g/mol. The van der Waals surface area contributed by atoms with Gasteiger partial charge in [-0.1, -0.05) is 72.7 Å². The summed E-state index contributed by atoms with van der Waals surface area (Å²) < 4.78 is 46.0. The average Bonchev–Trinajstić information content (AvgIpc) is 3.56. The van der Waals surface area contributed by atoms with E-state index in [0.717, 1.165) is 40.0 Å². The smallest absolute Gasteiger partial charge is 0.435 e. The maximum absolute atomic E-state index is 13.4. The SMILES string of the molecule is O=C(O)c1sc(N(C(=O)OCC2c3ccccc3-c3ccccc32)C2CCCC2)nc1C(F)(F)F. The molecule has 0 aliphatic heterocycles. The van der Waals surface area contributed by atoms with Gasteiger partial charge in [-0.3, -0.25) is 0 Å². The highest BCUT2D eigenvalue weighted by molar-refractivity contribution is 7.17. The zero-order chi connectivity index (χ0) is 24.7. The first-order valence-electron chi connectivity index (χ1n) is 11.2. The van der Waals surface area contributed by atoms with Crippen LogP contribution in [0, 0.1) is 0 Å². The molecule has 5 rings (SSSR count). The van der Waals surface area contributed by atoms with E-state index in [-0.39, 0.29) is 17.7 Å². The molecule has 35 heavy (non-hydrogen) atoms. The minimum Gasteiger partial charge on any atom is -0.477 e. The summed E-state index contributed by atoms with van der Waals surface area (Å²) >= 11 is 0.347. The van der Waals surface area contributed by atoms with E-state index < -0.39 is 34.9 Å². The summed E-state index contributed by atoms with van der Waals surface area (Å²) in [6.07, 6.45) is -3.01. The number of halogens is 3. The van der Waals surface area contributed by atoms with Crippen LogP contribution in [0.5, 0.6) is 0 Å². The number of thiazole rings is 1. The molecule has 182 valence electrons. The largest absolute Gasteiger partial charge is 0.477 e.